The molecule has 0 N–H and O–H groups in total. The van der Waals surface area contributed by atoms with Gasteiger partial charge < -0.3 is 0 Å². The van der Waals surface area contributed by atoms with Crippen molar-refractivity contribution in [2.75, 3.05) is 0 Å². The molecule has 0 aromatic heterocycles. The Kier molecular flexibility index (Phi) is 6.78. The van der Waals surface area contributed by atoms with Crippen molar-refractivity contribution >= 4 is 23.2 Å². The first-order chi connectivity index (χ1) is 11.3. The quantitative estimate of drug-likeness (QED) is 0.499. The molecule has 0 aliphatic carbocycles. The zero-order chi connectivity index (χ0) is 17.7. The van der Waals surface area contributed by atoms with Crippen molar-refractivity contribution in [2.24, 2.45) is 5.92 Å². The summed E-state index contributed by atoms with van der Waals surface area (Å²) in [6.45, 7) is 9.11. The van der Waals surface area contributed by atoms with Gasteiger partial charge in [0.05, 0.1) is 10.0 Å². The van der Waals surface area contributed by atoms with Crippen LogP contribution < -0.4 is 0 Å². The van der Waals surface area contributed by atoms with E-state index >= 15 is 0 Å². The normalized spacial score (nSPS) is 13.1. The minimum Gasteiger partial charge on any atom is -0.0827 e. The molecule has 0 saturated heterocycles. The molecule has 24 heavy (non-hydrogen) atoms. The summed E-state index contributed by atoms with van der Waals surface area (Å²) >= 11 is 12.1. The SMILES string of the molecule is CC(CCc1ccc(C(C)(C)C)cc1)CCc1ccc(Cl)c(Cl)c1. The Hall–Kier alpha value is -0.980. The fourth-order valence-corrected chi connectivity index (χ4v) is 3.16. The first kappa shape index (κ1) is 19.3. The number of aryl methyl sites for hydroxylation is 2. The molecular weight excluding hydrogens is 335 g/mol. The molecule has 0 aliphatic rings. The third-order valence-electron chi connectivity index (χ3n) is 4.66. The van der Waals surface area contributed by atoms with Gasteiger partial charge in [-0.05, 0) is 65.8 Å². The van der Waals surface area contributed by atoms with Gasteiger partial charge in [0.15, 0.2) is 0 Å². The zero-order valence-corrected chi connectivity index (χ0v) is 16.7. The molecule has 0 heterocycles. The van der Waals surface area contributed by atoms with Crippen molar-refractivity contribution in [2.45, 2.75) is 58.8 Å². The van der Waals surface area contributed by atoms with Gasteiger partial charge in [0.2, 0.25) is 0 Å². The lowest BCUT2D eigenvalue weighted by Crippen LogP contribution is -2.10. The molecule has 0 nitrogen and oxygen atoms in total. The van der Waals surface area contributed by atoms with Crippen molar-refractivity contribution in [1.29, 1.82) is 0 Å². The van der Waals surface area contributed by atoms with Gasteiger partial charge in [0.25, 0.3) is 0 Å². The summed E-state index contributed by atoms with van der Waals surface area (Å²) in [5.41, 5.74) is 4.33. The van der Waals surface area contributed by atoms with Crippen LogP contribution in [-0.4, -0.2) is 0 Å². The first-order valence-corrected chi connectivity index (χ1v) is 9.54. The molecule has 2 aromatic carbocycles. The average Bonchev–Trinajstić information content (AvgIpc) is 2.53. The summed E-state index contributed by atoms with van der Waals surface area (Å²) in [7, 11) is 0. The molecule has 1 unspecified atom stereocenters. The van der Waals surface area contributed by atoms with E-state index < -0.39 is 0 Å². The molecule has 1 atom stereocenters. The second-order valence-electron chi connectivity index (χ2n) is 7.88. The predicted octanol–water partition coefficient (Wildman–Crippen LogP) is 7.49. The second-order valence-corrected chi connectivity index (χ2v) is 8.69. The average molecular weight is 363 g/mol. The van der Waals surface area contributed by atoms with Crippen molar-refractivity contribution in [3.8, 4) is 0 Å². The Morgan fingerprint density at radius 1 is 0.792 bits per heavy atom. The van der Waals surface area contributed by atoms with Crippen LogP contribution in [0.4, 0.5) is 0 Å². The van der Waals surface area contributed by atoms with Gasteiger partial charge in [-0.3, -0.25) is 0 Å². The Labute approximate surface area is 157 Å². The van der Waals surface area contributed by atoms with E-state index in [1.807, 2.05) is 12.1 Å². The second kappa shape index (κ2) is 8.41. The van der Waals surface area contributed by atoms with Gasteiger partial charge in [-0.1, -0.05) is 81.2 Å². The van der Waals surface area contributed by atoms with E-state index in [2.05, 4.69) is 58.0 Å². The number of hydrogen-bond donors (Lipinski definition) is 0. The van der Waals surface area contributed by atoms with Crippen LogP contribution in [0.5, 0.6) is 0 Å². The maximum atomic E-state index is 6.08. The molecule has 0 aliphatic heterocycles. The Morgan fingerprint density at radius 3 is 1.88 bits per heavy atom. The molecule has 0 radical (unpaired) electrons. The predicted molar refractivity (Wildman–Crippen MR) is 107 cm³/mol. The highest BCUT2D eigenvalue weighted by atomic mass is 35.5. The summed E-state index contributed by atoms with van der Waals surface area (Å²) in [4.78, 5) is 0. The fraction of sp³-hybridized carbons (Fsp3) is 0.455. The Bertz CT molecular complexity index is 651. The van der Waals surface area contributed by atoms with E-state index in [9.17, 15) is 0 Å². The highest BCUT2D eigenvalue weighted by Crippen LogP contribution is 2.25. The molecule has 130 valence electrons. The molecule has 2 heteroatoms. The van der Waals surface area contributed by atoms with Crippen LogP contribution in [0.15, 0.2) is 42.5 Å². The lowest BCUT2D eigenvalue weighted by Gasteiger charge is -2.19. The van der Waals surface area contributed by atoms with E-state index in [-0.39, 0.29) is 5.41 Å². The van der Waals surface area contributed by atoms with Gasteiger partial charge >= 0.3 is 0 Å². The maximum Gasteiger partial charge on any atom is 0.0595 e. The smallest absolute Gasteiger partial charge is 0.0595 e. The molecule has 0 bridgehead atoms. The summed E-state index contributed by atoms with van der Waals surface area (Å²) in [5.74, 6) is 0.696. The molecule has 0 saturated carbocycles. The van der Waals surface area contributed by atoms with Crippen molar-refractivity contribution in [1.82, 2.24) is 0 Å². The number of hydrogen-bond acceptors (Lipinski definition) is 0. The van der Waals surface area contributed by atoms with Gasteiger partial charge in [-0.15, -0.1) is 0 Å². The third-order valence-corrected chi connectivity index (χ3v) is 5.39. The molecule has 2 aromatic rings. The van der Waals surface area contributed by atoms with Gasteiger partial charge in [0.1, 0.15) is 0 Å². The highest BCUT2D eigenvalue weighted by Gasteiger charge is 2.13. The van der Waals surface area contributed by atoms with Crippen LogP contribution in [0.25, 0.3) is 0 Å². The maximum absolute atomic E-state index is 6.08. The fourth-order valence-electron chi connectivity index (χ4n) is 2.84. The lowest BCUT2D eigenvalue weighted by molar-refractivity contribution is 0.493. The minimum absolute atomic E-state index is 0.228. The lowest BCUT2D eigenvalue weighted by atomic mass is 9.86. The van der Waals surface area contributed by atoms with Crippen molar-refractivity contribution in [3.63, 3.8) is 0 Å². The summed E-state index contributed by atoms with van der Waals surface area (Å²) < 4.78 is 0. The number of benzene rings is 2. The van der Waals surface area contributed by atoms with Crippen LogP contribution >= 0.6 is 23.2 Å². The van der Waals surface area contributed by atoms with Crippen LogP contribution in [0, 0.1) is 5.92 Å². The number of halogens is 2. The topological polar surface area (TPSA) is 0 Å². The Balaban J connectivity index is 1.80. The molecule has 0 fully saturated rings. The zero-order valence-electron chi connectivity index (χ0n) is 15.2. The van der Waals surface area contributed by atoms with Gasteiger partial charge in [0, 0.05) is 0 Å². The van der Waals surface area contributed by atoms with Crippen LogP contribution in [0.3, 0.4) is 0 Å². The molecule has 0 amide bonds. The first-order valence-electron chi connectivity index (χ1n) is 8.79. The van der Waals surface area contributed by atoms with E-state index in [1.54, 1.807) is 0 Å². The van der Waals surface area contributed by atoms with Crippen LogP contribution in [-0.2, 0) is 18.3 Å². The minimum atomic E-state index is 0.228. The van der Waals surface area contributed by atoms with Crippen LogP contribution in [0.1, 0.15) is 57.2 Å². The molecule has 0 spiro atoms. The summed E-state index contributed by atoms with van der Waals surface area (Å²) in [5, 5.41) is 1.29. The largest absolute Gasteiger partial charge is 0.0827 e. The number of rotatable bonds is 6. The molecule has 2 rings (SSSR count). The van der Waals surface area contributed by atoms with E-state index in [0.29, 0.717) is 16.0 Å². The Morgan fingerprint density at radius 2 is 1.33 bits per heavy atom. The van der Waals surface area contributed by atoms with E-state index in [0.717, 1.165) is 12.8 Å². The van der Waals surface area contributed by atoms with Crippen LogP contribution in [0.2, 0.25) is 10.0 Å². The summed E-state index contributed by atoms with van der Waals surface area (Å²) in [6.07, 6.45) is 4.60. The van der Waals surface area contributed by atoms with Crippen molar-refractivity contribution in [3.05, 3.63) is 69.2 Å². The third kappa shape index (κ3) is 5.83. The molecular formula is C22H28Cl2. The van der Waals surface area contributed by atoms with E-state index in [1.165, 1.54) is 29.5 Å². The highest BCUT2D eigenvalue weighted by molar-refractivity contribution is 6.42. The van der Waals surface area contributed by atoms with Gasteiger partial charge in [-0.25, -0.2) is 0 Å². The van der Waals surface area contributed by atoms with E-state index in [4.69, 9.17) is 23.2 Å². The summed E-state index contributed by atoms with van der Waals surface area (Å²) in [6, 6.07) is 15.1. The van der Waals surface area contributed by atoms with Crippen molar-refractivity contribution < 1.29 is 0 Å². The standard InChI is InChI=1S/C22H28Cl2/c1-16(6-8-18-11-14-20(23)21(24)15-18)5-7-17-9-12-19(13-10-17)22(2,3)4/h9-16H,5-8H2,1-4H3. The van der Waals surface area contributed by atoms with Gasteiger partial charge in [-0.2, -0.15) is 0 Å². The monoisotopic (exact) mass is 362 g/mol.